The fourth-order valence-corrected chi connectivity index (χ4v) is 1.52. The average Bonchev–Trinajstić information content (AvgIpc) is 2.75. The Labute approximate surface area is 99.8 Å². The number of nitrogens with zero attached hydrogens (tertiary/aromatic N) is 3. The van der Waals surface area contributed by atoms with E-state index < -0.39 is 0 Å². The van der Waals surface area contributed by atoms with Gasteiger partial charge in [-0.2, -0.15) is 5.10 Å². The minimum Gasteiger partial charge on any atom is -0.370 e. The second-order valence-electron chi connectivity index (χ2n) is 3.73. The standard InChI is InChI=1S/C12H15N5/c13-12(14)15-8-11-6-7-17(16-11)9-10-4-2-1-3-5-10/h1-7H,8-9H2,(H4,13,14,15). The molecule has 17 heavy (non-hydrogen) atoms. The summed E-state index contributed by atoms with van der Waals surface area (Å²) < 4.78 is 1.87. The smallest absolute Gasteiger partial charge is 0.186 e. The van der Waals surface area contributed by atoms with Crippen molar-refractivity contribution in [2.75, 3.05) is 0 Å². The van der Waals surface area contributed by atoms with Crippen LogP contribution in [-0.2, 0) is 13.1 Å². The monoisotopic (exact) mass is 229 g/mol. The van der Waals surface area contributed by atoms with Crippen molar-refractivity contribution in [3.05, 3.63) is 53.9 Å². The van der Waals surface area contributed by atoms with Gasteiger partial charge >= 0.3 is 0 Å². The van der Waals surface area contributed by atoms with Crippen LogP contribution in [0.5, 0.6) is 0 Å². The molecule has 0 spiro atoms. The molecule has 0 unspecified atom stereocenters. The van der Waals surface area contributed by atoms with Crippen molar-refractivity contribution in [2.45, 2.75) is 13.1 Å². The zero-order valence-electron chi connectivity index (χ0n) is 9.45. The number of hydrogen-bond donors (Lipinski definition) is 2. The van der Waals surface area contributed by atoms with Crippen molar-refractivity contribution in [1.82, 2.24) is 9.78 Å². The number of guanidine groups is 1. The van der Waals surface area contributed by atoms with Crippen LogP contribution < -0.4 is 11.5 Å². The van der Waals surface area contributed by atoms with E-state index >= 15 is 0 Å². The fraction of sp³-hybridized carbons (Fsp3) is 0.167. The highest BCUT2D eigenvalue weighted by Crippen LogP contribution is 2.03. The van der Waals surface area contributed by atoms with Gasteiger partial charge in [-0.15, -0.1) is 0 Å². The Morgan fingerprint density at radius 1 is 1.18 bits per heavy atom. The van der Waals surface area contributed by atoms with Crippen LogP contribution in [0.3, 0.4) is 0 Å². The first-order valence-electron chi connectivity index (χ1n) is 5.36. The van der Waals surface area contributed by atoms with Gasteiger partial charge in [-0.3, -0.25) is 4.68 Å². The molecule has 0 atom stereocenters. The van der Waals surface area contributed by atoms with E-state index in [4.69, 9.17) is 11.5 Å². The topological polar surface area (TPSA) is 82.2 Å². The van der Waals surface area contributed by atoms with Crippen LogP contribution in [0.25, 0.3) is 0 Å². The van der Waals surface area contributed by atoms with Crippen LogP contribution in [0.15, 0.2) is 47.6 Å². The van der Waals surface area contributed by atoms with E-state index in [9.17, 15) is 0 Å². The molecule has 2 aromatic rings. The van der Waals surface area contributed by atoms with Crippen LogP contribution in [0.2, 0.25) is 0 Å². The predicted molar refractivity (Wildman–Crippen MR) is 67.3 cm³/mol. The summed E-state index contributed by atoms with van der Waals surface area (Å²) in [5.41, 5.74) is 12.6. The molecule has 0 aliphatic rings. The minimum atomic E-state index is 0.0857. The van der Waals surface area contributed by atoms with Gasteiger partial charge in [0, 0.05) is 6.20 Å². The molecule has 0 aliphatic carbocycles. The second kappa shape index (κ2) is 5.16. The summed E-state index contributed by atoms with van der Waals surface area (Å²) in [6, 6.07) is 12.1. The lowest BCUT2D eigenvalue weighted by Gasteiger charge is -2.00. The Bertz CT molecular complexity index is 497. The van der Waals surface area contributed by atoms with Gasteiger partial charge in [0.1, 0.15) is 0 Å². The van der Waals surface area contributed by atoms with E-state index in [1.54, 1.807) is 0 Å². The summed E-state index contributed by atoms with van der Waals surface area (Å²) in [6.07, 6.45) is 1.92. The number of aromatic nitrogens is 2. The lowest BCUT2D eigenvalue weighted by atomic mass is 10.2. The fourth-order valence-electron chi connectivity index (χ4n) is 1.52. The first-order valence-corrected chi connectivity index (χ1v) is 5.36. The molecule has 2 rings (SSSR count). The van der Waals surface area contributed by atoms with Crippen molar-refractivity contribution in [3.63, 3.8) is 0 Å². The maximum atomic E-state index is 5.26. The molecule has 0 radical (unpaired) electrons. The van der Waals surface area contributed by atoms with Crippen molar-refractivity contribution >= 4 is 5.96 Å². The van der Waals surface area contributed by atoms with E-state index in [-0.39, 0.29) is 5.96 Å². The van der Waals surface area contributed by atoms with Crippen LogP contribution >= 0.6 is 0 Å². The number of benzene rings is 1. The minimum absolute atomic E-state index is 0.0857. The SMILES string of the molecule is NC(N)=NCc1ccn(Cc2ccccc2)n1. The number of aliphatic imine (C=N–C) groups is 1. The van der Waals surface area contributed by atoms with Gasteiger partial charge in [0.15, 0.2) is 5.96 Å². The van der Waals surface area contributed by atoms with Crippen molar-refractivity contribution in [1.29, 1.82) is 0 Å². The highest BCUT2D eigenvalue weighted by atomic mass is 15.3. The molecule has 1 aromatic heterocycles. The second-order valence-corrected chi connectivity index (χ2v) is 3.73. The number of rotatable bonds is 4. The summed E-state index contributed by atoms with van der Waals surface area (Å²) >= 11 is 0. The van der Waals surface area contributed by atoms with Crippen LogP contribution in [0, 0.1) is 0 Å². The van der Waals surface area contributed by atoms with Gasteiger partial charge in [0.05, 0.1) is 18.8 Å². The quantitative estimate of drug-likeness (QED) is 0.598. The Morgan fingerprint density at radius 3 is 2.65 bits per heavy atom. The summed E-state index contributed by atoms with van der Waals surface area (Å²) in [5, 5.41) is 4.38. The van der Waals surface area contributed by atoms with Crippen molar-refractivity contribution in [2.24, 2.45) is 16.5 Å². The number of nitrogens with two attached hydrogens (primary N) is 2. The third-order valence-electron chi connectivity index (χ3n) is 2.31. The average molecular weight is 229 g/mol. The highest BCUT2D eigenvalue weighted by molar-refractivity contribution is 5.75. The summed E-state index contributed by atoms with van der Waals surface area (Å²) in [7, 11) is 0. The molecule has 5 nitrogen and oxygen atoms in total. The van der Waals surface area contributed by atoms with Crippen LogP contribution in [0.1, 0.15) is 11.3 Å². The van der Waals surface area contributed by atoms with Crippen molar-refractivity contribution < 1.29 is 0 Å². The van der Waals surface area contributed by atoms with Crippen molar-refractivity contribution in [3.8, 4) is 0 Å². The third-order valence-corrected chi connectivity index (χ3v) is 2.31. The molecule has 88 valence electrons. The van der Waals surface area contributed by atoms with E-state index in [1.807, 2.05) is 35.1 Å². The molecule has 5 heteroatoms. The molecule has 4 N–H and O–H groups in total. The molecule has 0 saturated heterocycles. The Hall–Kier alpha value is -2.30. The van der Waals surface area contributed by atoms with Gasteiger partial charge in [-0.25, -0.2) is 4.99 Å². The Morgan fingerprint density at radius 2 is 1.94 bits per heavy atom. The van der Waals surface area contributed by atoms with E-state index in [0.29, 0.717) is 6.54 Å². The van der Waals surface area contributed by atoms with Gasteiger partial charge in [0.25, 0.3) is 0 Å². The maximum absolute atomic E-state index is 5.26. The van der Waals surface area contributed by atoms with Crippen LogP contribution in [-0.4, -0.2) is 15.7 Å². The largest absolute Gasteiger partial charge is 0.370 e. The maximum Gasteiger partial charge on any atom is 0.186 e. The van der Waals surface area contributed by atoms with Gasteiger partial charge in [-0.1, -0.05) is 30.3 Å². The summed E-state index contributed by atoms with van der Waals surface area (Å²) in [6.45, 7) is 1.17. The Balaban J connectivity index is 2.01. The summed E-state index contributed by atoms with van der Waals surface area (Å²) in [5.74, 6) is 0.0857. The molecule has 0 aliphatic heterocycles. The van der Waals surface area contributed by atoms with Crippen LogP contribution in [0.4, 0.5) is 0 Å². The molecule has 1 heterocycles. The highest BCUT2D eigenvalue weighted by Gasteiger charge is 1.99. The molecule has 0 bridgehead atoms. The van der Waals surface area contributed by atoms with Gasteiger partial charge < -0.3 is 11.5 Å². The first kappa shape index (κ1) is 11.2. The molecule has 0 fully saturated rings. The molecular weight excluding hydrogens is 214 g/mol. The summed E-state index contributed by atoms with van der Waals surface area (Å²) in [4.78, 5) is 3.91. The predicted octanol–water partition coefficient (Wildman–Crippen LogP) is 0.705. The molecule has 1 aromatic carbocycles. The van der Waals surface area contributed by atoms with Gasteiger partial charge in [0.2, 0.25) is 0 Å². The number of hydrogen-bond acceptors (Lipinski definition) is 2. The normalized spacial score (nSPS) is 10.1. The molecular formula is C12H15N5. The molecule has 0 saturated carbocycles. The lowest BCUT2D eigenvalue weighted by Crippen LogP contribution is -2.22. The van der Waals surface area contributed by atoms with Gasteiger partial charge in [-0.05, 0) is 11.6 Å². The third kappa shape index (κ3) is 3.34. The zero-order valence-corrected chi connectivity index (χ0v) is 9.45. The van der Waals surface area contributed by atoms with E-state index in [0.717, 1.165) is 12.2 Å². The van der Waals surface area contributed by atoms with E-state index in [1.165, 1.54) is 5.56 Å². The Kier molecular flexibility index (Phi) is 3.40. The zero-order chi connectivity index (χ0) is 12.1. The lowest BCUT2D eigenvalue weighted by molar-refractivity contribution is 0.672. The molecule has 0 amide bonds. The first-order chi connectivity index (χ1) is 8.24. The van der Waals surface area contributed by atoms with E-state index in [2.05, 4.69) is 22.2 Å².